The molecule has 28 heavy (non-hydrogen) atoms. The summed E-state index contributed by atoms with van der Waals surface area (Å²) in [6, 6.07) is 9.24. The summed E-state index contributed by atoms with van der Waals surface area (Å²) in [5, 5.41) is 5.27. The van der Waals surface area contributed by atoms with Gasteiger partial charge in [-0.3, -0.25) is 9.59 Å². The van der Waals surface area contributed by atoms with Crippen LogP contribution in [0.25, 0.3) is 0 Å². The molecule has 0 spiro atoms. The Balaban J connectivity index is 1.89. The maximum Gasteiger partial charge on any atom is 0.416 e. The summed E-state index contributed by atoms with van der Waals surface area (Å²) in [4.78, 5) is 24.2. The van der Waals surface area contributed by atoms with E-state index in [1.54, 1.807) is 24.3 Å². The smallest absolute Gasteiger partial charge is 0.416 e. The number of aryl methyl sites for hydroxylation is 1. The zero-order chi connectivity index (χ0) is 20.3. The normalized spacial score (nSPS) is 17.0. The summed E-state index contributed by atoms with van der Waals surface area (Å²) >= 11 is 0. The lowest BCUT2D eigenvalue weighted by atomic mass is 10.0. The van der Waals surface area contributed by atoms with Gasteiger partial charge >= 0.3 is 6.18 Å². The summed E-state index contributed by atoms with van der Waals surface area (Å²) < 4.78 is 45.0. The maximum atomic E-state index is 13.1. The van der Waals surface area contributed by atoms with Gasteiger partial charge < -0.3 is 15.4 Å². The molecule has 0 bridgehead atoms. The van der Waals surface area contributed by atoms with Crippen molar-refractivity contribution in [3.05, 3.63) is 59.2 Å². The van der Waals surface area contributed by atoms with E-state index >= 15 is 0 Å². The average Bonchev–Trinajstić information content (AvgIpc) is 2.63. The number of amides is 2. The highest BCUT2D eigenvalue weighted by Crippen LogP contribution is 2.34. The largest absolute Gasteiger partial charge is 0.457 e. The zero-order valence-corrected chi connectivity index (χ0v) is 15.1. The number of carbonyl (C=O) groups is 2. The molecule has 0 aliphatic carbocycles. The molecule has 1 aliphatic rings. The average molecular weight is 392 g/mol. The molecule has 1 atom stereocenters. The minimum Gasteiger partial charge on any atom is -0.457 e. The molecular weight excluding hydrogens is 373 g/mol. The lowest BCUT2D eigenvalue weighted by Crippen LogP contribution is -2.45. The summed E-state index contributed by atoms with van der Waals surface area (Å²) in [6.07, 6.45) is -4.01. The Morgan fingerprint density at radius 2 is 1.89 bits per heavy atom. The topological polar surface area (TPSA) is 67.4 Å². The molecule has 2 amide bonds. The van der Waals surface area contributed by atoms with Crippen molar-refractivity contribution in [2.24, 2.45) is 0 Å². The molecule has 1 heterocycles. The van der Waals surface area contributed by atoms with Crippen LogP contribution < -0.4 is 15.4 Å². The van der Waals surface area contributed by atoms with Crippen molar-refractivity contribution in [1.29, 1.82) is 0 Å². The molecule has 0 saturated carbocycles. The first-order valence-electron chi connectivity index (χ1n) is 8.76. The highest BCUT2D eigenvalue weighted by atomic mass is 19.4. The lowest BCUT2D eigenvalue weighted by Gasteiger charge is -2.23. The van der Waals surface area contributed by atoms with Crippen molar-refractivity contribution in [3.8, 4) is 11.5 Å². The van der Waals surface area contributed by atoms with Crippen molar-refractivity contribution >= 4 is 11.8 Å². The molecule has 0 radical (unpaired) electrons. The first kappa shape index (κ1) is 19.7. The number of piperidine rings is 1. The van der Waals surface area contributed by atoms with Gasteiger partial charge in [0.15, 0.2) is 0 Å². The summed E-state index contributed by atoms with van der Waals surface area (Å²) in [5.41, 5.74) is -0.190. The van der Waals surface area contributed by atoms with Crippen LogP contribution in [0.4, 0.5) is 13.2 Å². The molecule has 1 saturated heterocycles. The summed E-state index contributed by atoms with van der Waals surface area (Å²) in [6.45, 7) is 2.29. The van der Waals surface area contributed by atoms with E-state index in [-0.39, 0.29) is 23.6 Å². The van der Waals surface area contributed by atoms with Gasteiger partial charge in [-0.1, -0.05) is 17.7 Å². The highest BCUT2D eigenvalue weighted by Gasteiger charge is 2.32. The standard InChI is InChI=1S/C20H19F3N2O3/c1-12-2-5-15(6-3-12)28-17-7-4-13(20(21,22)23)10-16(17)19(27)25-14-8-9-24-18(26)11-14/h2-7,10,14H,8-9,11H2,1H3,(H,24,26)(H,25,27). The second-order valence-corrected chi connectivity index (χ2v) is 6.64. The first-order chi connectivity index (χ1) is 13.2. The molecule has 1 aliphatic heterocycles. The predicted molar refractivity (Wildman–Crippen MR) is 96.2 cm³/mol. The number of alkyl halides is 3. The molecule has 1 fully saturated rings. The fraction of sp³-hybridized carbons (Fsp3) is 0.300. The highest BCUT2D eigenvalue weighted by molar-refractivity contribution is 5.97. The monoisotopic (exact) mass is 392 g/mol. The van der Waals surface area contributed by atoms with Gasteiger partial charge in [0.2, 0.25) is 5.91 Å². The third-order valence-electron chi connectivity index (χ3n) is 4.38. The van der Waals surface area contributed by atoms with Gasteiger partial charge in [0.05, 0.1) is 11.1 Å². The van der Waals surface area contributed by atoms with Gasteiger partial charge in [-0.05, 0) is 43.7 Å². The van der Waals surface area contributed by atoms with Crippen molar-refractivity contribution in [2.75, 3.05) is 6.54 Å². The van der Waals surface area contributed by atoms with Crippen LogP contribution in [0.1, 0.15) is 34.3 Å². The Bertz CT molecular complexity index is 879. The zero-order valence-electron chi connectivity index (χ0n) is 15.1. The number of ether oxygens (including phenoxy) is 1. The van der Waals surface area contributed by atoms with Crippen LogP contribution in [0.3, 0.4) is 0 Å². The maximum absolute atomic E-state index is 13.1. The van der Waals surface area contributed by atoms with Gasteiger partial charge in [0.1, 0.15) is 11.5 Å². The van der Waals surface area contributed by atoms with E-state index in [0.29, 0.717) is 18.7 Å². The molecule has 5 nitrogen and oxygen atoms in total. The number of nitrogens with one attached hydrogen (secondary N) is 2. The third kappa shape index (κ3) is 4.82. The van der Waals surface area contributed by atoms with E-state index in [1.165, 1.54) is 0 Å². The molecular formula is C20H19F3N2O3. The van der Waals surface area contributed by atoms with E-state index in [1.807, 2.05) is 6.92 Å². The lowest BCUT2D eigenvalue weighted by molar-refractivity contribution is -0.137. The van der Waals surface area contributed by atoms with Crippen LogP contribution >= 0.6 is 0 Å². The summed E-state index contributed by atoms with van der Waals surface area (Å²) in [5.74, 6) is -0.518. The Morgan fingerprint density at radius 1 is 1.18 bits per heavy atom. The van der Waals surface area contributed by atoms with Gasteiger partial charge in [0.25, 0.3) is 5.91 Å². The Hall–Kier alpha value is -3.03. The predicted octanol–water partition coefficient (Wildman–Crippen LogP) is 3.81. The van der Waals surface area contributed by atoms with Crippen molar-refractivity contribution in [2.45, 2.75) is 32.0 Å². The van der Waals surface area contributed by atoms with Gasteiger partial charge in [-0.25, -0.2) is 0 Å². The first-order valence-corrected chi connectivity index (χ1v) is 8.76. The number of rotatable bonds is 4. The quantitative estimate of drug-likeness (QED) is 0.832. The second-order valence-electron chi connectivity index (χ2n) is 6.64. The minimum atomic E-state index is -4.60. The molecule has 2 N–H and O–H groups in total. The number of benzene rings is 2. The Morgan fingerprint density at radius 3 is 2.54 bits per heavy atom. The van der Waals surface area contributed by atoms with Gasteiger partial charge in [-0.2, -0.15) is 13.2 Å². The fourth-order valence-electron chi connectivity index (χ4n) is 2.88. The second kappa shape index (κ2) is 7.92. The van der Waals surface area contributed by atoms with Crippen molar-refractivity contribution < 1.29 is 27.5 Å². The Labute approximate surface area is 159 Å². The summed E-state index contributed by atoms with van der Waals surface area (Å²) in [7, 11) is 0. The SMILES string of the molecule is Cc1ccc(Oc2ccc(C(F)(F)F)cc2C(=O)NC2CCNC(=O)C2)cc1. The fourth-order valence-corrected chi connectivity index (χ4v) is 2.88. The number of hydrogen-bond donors (Lipinski definition) is 2. The molecule has 2 aromatic rings. The molecule has 148 valence electrons. The van der Waals surface area contributed by atoms with Crippen molar-refractivity contribution in [3.63, 3.8) is 0 Å². The number of hydrogen-bond acceptors (Lipinski definition) is 3. The van der Waals surface area contributed by atoms with Crippen LogP contribution in [-0.4, -0.2) is 24.4 Å². The molecule has 3 rings (SSSR count). The molecule has 1 unspecified atom stereocenters. The van der Waals surface area contributed by atoms with E-state index in [2.05, 4.69) is 10.6 Å². The molecule has 2 aromatic carbocycles. The van der Waals surface area contributed by atoms with Gasteiger partial charge in [0, 0.05) is 19.0 Å². The van der Waals surface area contributed by atoms with E-state index in [4.69, 9.17) is 4.74 Å². The van der Waals surface area contributed by atoms with E-state index in [9.17, 15) is 22.8 Å². The molecule has 0 aromatic heterocycles. The van der Waals surface area contributed by atoms with Crippen LogP contribution in [0.2, 0.25) is 0 Å². The Kier molecular flexibility index (Phi) is 5.58. The molecule has 8 heteroatoms. The third-order valence-corrected chi connectivity index (χ3v) is 4.38. The van der Waals surface area contributed by atoms with Crippen molar-refractivity contribution in [1.82, 2.24) is 10.6 Å². The van der Waals surface area contributed by atoms with E-state index < -0.39 is 23.7 Å². The van der Waals surface area contributed by atoms with Crippen LogP contribution in [-0.2, 0) is 11.0 Å². The minimum absolute atomic E-state index is 0.00890. The van der Waals surface area contributed by atoms with Crippen LogP contribution in [0.5, 0.6) is 11.5 Å². The van der Waals surface area contributed by atoms with Crippen LogP contribution in [0, 0.1) is 6.92 Å². The van der Waals surface area contributed by atoms with Crippen LogP contribution in [0.15, 0.2) is 42.5 Å². The van der Waals surface area contributed by atoms with E-state index in [0.717, 1.165) is 23.8 Å². The number of halogens is 3. The van der Waals surface area contributed by atoms with Gasteiger partial charge in [-0.15, -0.1) is 0 Å². The number of carbonyl (C=O) groups excluding carboxylic acids is 2.